The van der Waals surface area contributed by atoms with Crippen LogP contribution >= 0.6 is 50.7 Å². The smallest absolute Gasteiger partial charge is 0.268 e. The van der Waals surface area contributed by atoms with Gasteiger partial charge in [-0.3, -0.25) is 9.59 Å². The fourth-order valence-corrected chi connectivity index (χ4v) is 5.35. The van der Waals surface area contributed by atoms with Crippen molar-refractivity contribution in [3.05, 3.63) is 91.7 Å². The number of pyridine rings is 1. The van der Waals surface area contributed by atoms with E-state index in [2.05, 4.69) is 26.0 Å². The number of hydrogen-bond donors (Lipinski definition) is 2. The Morgan fingerprint density at radius 2 is 1.71 bits per heavy atom. The standard InChI is InChI=1S/C26H22BrCl3N6O2/c1-26(2,13-31)35(25(38)14-7-4-3-5-8-14)18-12-15(28)11-17(30)19(18)20-21(23(32)37)36(34-22(20)27)24-16(29)9-6-10-33-24/h3-12H,13,31H2,1-2H3,(H2,32,37). The third-order valence-corrected chi connectivity index (χ3v) is 7.24. The molecule has 0 bridgehead atoms. The van der Waals surface area contributed by atoms with E-state index < -0.39 is 11.4 Å². The topological polar surface area (TPSA) is 120 Å². The number of anilines is 1. The van der Waals surface area contributed by atoms with Crippen molar-refractivity contribution in [3.63, 3.8) is 0 Å². The Morgan fingerprint density at radius 3 is 2.32 bits per heavy atom. The van der Waals surface area contributed by atoms with Crippen LogP contribution in [0.15, 0.2) is 65.4 Å². The van der Waals surface area contributed by atoms with E-state index in [0.29, 0.717) is 16.8 Å². The van der Waals surface area contributed by atoms with Crippen LogP contribution < -0.4 is 16.4 Å². The van der Waals surface area contributed by atoms with Crippen molar-refractivity contribution in [2.24, 2.45) is 11.5 Å². The van der Waals surface area contributed by atoms with Crippen molar-refractivity contribution < 1.29 is 9.59 Å². The second kappa shape index (κ2) is 11.0. The fourth-order valence-electron chi connectivity index (χ4n) is 4.02. The summed E-state index contributed by atoms with van der Waals surface area (Å²) in [4.78, 5) is 32.6. The molecule has 0 atom stereocenters. The van der Waals surface area contributed by atoms with Crippen molar-refractivity contribution in [1.29, 1.82) is 0 Å². The van der Waals surface area contributed by atoms with Gasteiger partial charge in [0.05, 0.1) is 26.8 Å². The minimum atomic E-state index is -0.907. The van der Waals surface area contributed by atoms with Crippen LogP contribution in [0.5, 0.6) is 0 Å². The predicted molar refractivity (Wildman–Crippen MR) is 154 cm³/mol. The van der Waals surface area contributed by atoms with Crippen molar-refractivity contribution >= 4 is 68.2 Å². The van der Waals surface area contributed by atoms with Crippen molar-refractivity contribution in [3.8, 4) is 16.9 Å². The van der Waals surface area contributed by atoms with Crippen LogP contribution in [0.3, 0.4) is 0 Å². The van der Waals surface area contributed by atoms with Crippen molar-refractivity contribution in [2.75, 3.05) is 11.4 Å². The molecule has 0 aliphatic carbocycles. The van der Waals surface area contributed by atoms with E-state index >= 15 is 0 Å². The molecular formula is C26H22BrCl3N6O2. The Labute approximate surface area is 242 Å². The maximum atomic E-state index is 14.0. The molecular weight excluding hydrogens is 615 g/mol. The fraction of sp³-hybridized carbons (Fsp3) is 0.154. The number of nitrogens with zero attached hydrogens (tertiary/aromatic N) is 4. The highest BCUT2D eigenvalue weighted by Gasteiger charge is 2.37. The number of nitrogens with two attached hydrogens (primary N) is 2. The SMILES string of the molecule is CC(C)(CN)N(C(=O)c1ccccc1)c1cc(Cl)cc(Cl)c1-c1c(Br)nn(-c2ncccc2Cl)c1C(N)=O. The number of hydrogen-bond acceptors (Lipinski definition) is 5. The molecule has 0 spiro atoms. The first-order chi connectivity index (χ1) is 18.0. The van der Waals surface area contributed by atoms with Gasteiger partial charge in [0.1, 0.15) is 10.3 Å². The summed E-state index contributed by atoms with van der Waals surface area (Å²) >= 11 is 23.1. The van der Waals surface area contributed by atoms with Crippen molar-refractivity contribution in [1.82, 2.24) is 14.8 Å². The third-order valence-electron chi connectivity index (χ3n) is 5.87. The summed E-state index contributed by atoms with van der Waals surface area (Å²) in [6.45, 7) is 3.73. The second-order valence-corrected chi connectivity index (χ2v) is 10.9. The second-order valence-electron chi connectivity index (χ2n) is 8.90. The lowest BCUT2D eigenvalue weighted by atomic mass is 9.95. The molecule has 0 aliphatic rings. The van der Waals surface area contributed by atoms with Crippen LogP contribution in [-0.4, -0.2) is 38.7 Å². The Morgan fingerprint density at radius 1 is 1.03 bits per heavy atom. The maximum Gasteiger partial charge on any atom is 0.268 e. The first-order valence-corrected chi connectivity index (χ1v) is 13.2. The summed E-state index contributed by atoms with van der Waals surface area (Å²) < 4.78 is 1.45. The van der Waals surface area contributed by atoms with Gasteiger partial charge < -0.3 is 16.4 Å². The van der Waals surface area contributed by atoms with E-state index in [0.717, 1.165) is 0 Å². The van der Waals surface area contributed by atoms with Crippen LogP contribution in [0, 0.1) is 0 Å². The van der Waals surface area contributed by atoms with Gasteiger partial charge in [0.15, 0.2) is 5.82 Å². The van der Waals surface area contributed by atoms with Gasteiger partial charge >= 0.3 is 0 Å². The van der Waals surface area contributed by atoms with Crippen molar-refractivity contribution in [2.45, 2.75) is 19.4 Å². The lowest BCUT2D eigenvalue weighted by Crippen LogP contribution is -2.53. The Balaban J connectivity index is 2.09. The molecule has 2 aromatic heterocycles. The third kappa shape index (κ3) is 5.17. The maximum absolute atomic E-state index is 14.0. The molecule has 0 aliphatic heterocycles. The quantitative estimate of drug-likeness (QED) is 0.253. The number of halogens is 4. The molecule has 2 aromatic carbocycles. The Hall–Kier alpha value is -2.95. The van der Waals surface area contributed by atoms with Gasteiger partial charge in [0.25, 0.3) is 11.8 Å². The molecule has 0 saturated carbocycles. The molecule has 2 amide bonds. The number of benzene rings is 2. The van der Waals surface area contributed by atoms with Gasteiger partial charge in [-0.15, -0.1) is 0 Å². The predicted octanol–water partition coefficient (Wildman–Crippen LogP) is 6.14. The van der Waals surface area contributed by atoms with Gasteiger partial charge in [-0.05, 0) is 66.2 Å². The van der Waals surface area contributed by atoms with E-state index in [9.17, 15) is 9.59 Å². The average Bonchev–Trinajstić information content (AvgIpc) is 3.21. The molecule has 2 heterocycles. The summed E-state index contributed by atoms with van der Waals surface area (Å²) in [6.07, 6.45) is 1.51. The molecule has 0 fully saturated rings. The average molecular weight is 637 g/mol. The van der Waals surface area contributed by atoms with Crippen LogP contribution in [0.4, 0.5) is 5.69 Å². The number of amides is 2. The molecule has 4 aromatic rings. The highest BCUT2D eigenvalue weighted by molar-refractivity contribution is 9.10. The Bertz CT molecular complexity index is 1540. The summed E-state index contributed by atoms with van der Waals surface area (Å²) in [5.74, 6) is -0.991. The molecule has 8 nitrogen and oxygen atoms in total. The van der Waals surface area contributed by atoms with Gasteiger partial charge in [-0.1, -0.05) is 53.0 Å². The highest BCUT2D eigenvalue weighted by Crippen LogP contribution is 2.46. The zero-order valence-corrected chi connectivity index (χ0v) is 24.1. The monoisotopic (exact) mass is 634 g/mol. The van der Waals surface area contributed by atoms with E-state index in [1.807, 2.05) is 19.9 Å². The van der Waals surface area contributed by atoms with Gasteiger partial charge in [-0.2, -0.15) is 5.10 Å². The highest BCUT2D eigenvalue weighted by atomic mass is 79.9. The number of aromatic nitrogens is 3. The number of primary amides is 1. The molecule has 4 N–H and O–H groups in total. The first-order valence-electron chi connectivity index (χ1n) is 11.3. The zero-order chi connectivity index (χ0) is 27.8. The minimum absolute atomic E-state index is 0.0550. The lowest BCUT2D eigenvalue weighted by molar-refractivity contribution is 0.0962. The number of rotatable bonds is 7. The van der Waals surface area contributed by atoms with Gasteiger partial charge in [0.2, 0.25) is 0 Å². The molecule has 196 valence electrons. The minimum Gasteiger partial charge on any atom is -0.364 e. The lowest BCUT2D eigenvalue weighted by Gasteiger charge is -2.39. The summed E-state index contributed by atoms with van der Waals surface area (Å²) in [5, 5.41) is 5.12. The van der Waals surface area contributed by atoms with Crippen LogP contribution in [-0.2, 0) is 0 Å². The largest absolute Gasteiger partial charge is 0.364 e. The zero-order valence-electron chi connectivity index (χ0n) is 20.3. The van der Waals surface area contributed by atoms with E-state index in [1.165, 1.54) is 21.8 Å². The molecule has 38 heavy (non-hydrogen) atoms. The molecule has 12 heteroatoms. The van der Waals surface area contributed by atoms with Crippen LogP contribution in [0.25, 0.3) is 16.9 Å². The molecule has 4 rings (SSSR count). The normalized spacial score (nSPS) is 11.4. The van der Waals surface area contributed by atoms with Crippen LogP contribution in [0.1, 0.15) is 34.7 Å². The van der Waals surface area contributed by atoms with Gasteiger partial charge in [0, 0.05) is 28.9 Å². The van der Waals surface area contributed by atoms with E-state index in [1.54, 1.807) is 42.5 Å². The van der Waals surface area contributed by atoms with E-state index in [4.69, 9.17) is 46.3 Å². The van der Waals surface area contributed by atoms with Crippen LogP contribution in [0.2, 0.25) is 15.1 Å². The van der Waals surface area contributed by atoms with E-state index in [-0.39, 0.29) is 49.2 Å². The number of carbonyl (C=O) groups excluding carboxylic acids is 2. The summed E-state index contributed by atoms with van der Waals surface area (Å²) in [7, 11) is 0. The summed E-state index contributed by atoms with van der Waals surface area (Å²) in [5.41, 5.74) is 12.3. The molecule has 0 saturated heterocycles. The summed E-state index contributed by atoms with van der Waals surface area (Å²) in [6, 6.07) is 15.1. The van der Waals surface area contributed by atoms with Gasteiger partial charge in [-0.25, -0.2) is 9.67 Å². The molecule has 0 radical (unpaired) electrons. The first kappa shape index (κ1) is 28.1. The number of carbonyl (C=O) groups is 2. The Kier molecular flexibility index (Phi) is 8.15. The molecule has 0 unspecified atom stereocenters.